The highest BCUT2D eigenvalue weighted by molar-refractivity contribution is 5.86. The van der Waals surface area contributed by atoms with Crippen LogP contribution in [0.1, 0.15) is 60.4 Å². The molecule has 5 aromatic carbocycles. The number of unbranched alkanes of at least 4 members (excludes halogenated alkanes) is 2. The van der Waals surface area contributed by atoms with Gasteiger partial charge < -0.3 is 19.3 Å². The van der Waals surface area contributed by atoms with E-state index >= 15 is 0 Å². The second kappa shape index (κ2) is 16.2. The van der Waals surface area contributed by atoms with Crippen molar-refractivity contribution in [2.75, 3.05) is 37.1 Å². The summed E-state index contributed by atoms with van der Waals surface area (Å²) in [5, 5.41) is 2.63. The van der Waals surface area contributed by atoms with Gasteiger partial charge in [0.2, 0.25) is 0 Å². The molecule has 240 valence electrons. The average Bonchev–Trinajstić information content (AvgIpc) is 3.09. The molecule has 5 rings (SSSR count). The minimum atomic E-state index is 0.885. The molecule has 0 unspecified atom stereocenters. The van der Waals surface area contributed by atoms with Gasteiger partial charge in [0.05, 0.1) is 14.2 Å². The summed E-state index contributed by atoms with van der Waals surface area (Å²) in [7, 11) is 3.51. The summed E-state index contributed by atoms with van der Waals surface area (Å²) < 4.78 is 11.3. The van der Waals surface area contributed by atoms with Crippen LogP contribution in [0.15, 0.2) is 103 Å². The topological polar surface area (TPSA) is 24.9 Å². The molecule has 4 nitrogen and oxygen atoms in total. The van der Waals surface area contributed by atoms with Crippen LogP contribution in [0.25, 0.3) is 10.8 Å². The van der Waals surface area contributed by atoms with Crippen molar-refractivity contribution in [3.63, 3.8) is 0 Å². The summed E-state index contributed by atoms with van der Waals surface area (Å²) in [4.78, 5) is 5.05. The monoisotopic (exact) mass is 614 g/mol. The summed E-state index contributed by atoms with van der Waals surface area (Å²) in [6.45, 7) is 10.4. The zero-order valence-corrected chi connectivity index (χ0v) is 28.4. The molecule has 0 spiro atoms. The minimum absolute atomic E-state index is 0.885. The van der Waals surface area contributed by atoms with Crippen molar-refractivity contribution in [2.45, 2.75) is 66.0 Å². The molecule has 0 heterocycles. The lowest BCUT2D eigenvalue weighted by Gasteiger charge is -2.27. The molecule has 0 N–H and O–H groups in total. The van der Waals surface area contributed by atoms with Gasteiger partial charge in [-0.15, -0.1) is 0 Å². The maximum Gasteiger partial charge on any atom is 0.122 e. The second-order valence-corrected chi connectivity index (χ2v) is 12.4. The number of aryl methyl sites for hydroxylation is 3. The number of anilines is 2. The minimum Gasteiger partial charge on any atom is -0.497 e. The number of fused-ring (bicyclic) bond motifs is 1. The van der Waals surface area contributed by atoms with Crippen molar-refractivity contribution in [1.29, 1.82) is 0 Å². The molecule has 0 aliphatic rings. The van der Waals surface area contributed by atoms with Crippen LogP contribution < -0.4 is 19.3 Å². The molecule has 0 aliphatic heterocycles. The van der Waals surface area contributed by atoms with Crippen LogP contribution >= 0.6 is 0 Å². The van der Waals surface area contributed by atoms with E-state index in [1.807, 2.05) is 0 Å². The standard InChI is InChI=1S/C42H50N2O2/c1-6-7-26-44(31-37-16-12-15-34-13-8-9-17-41(34)37)39-22-25-42(46-5)35(29-39)14-10-11-27-43(38-20-23-40(45-4)24-21-38)30-36-19-18-32(2)28-33(36)3/h8-9,12-13,15-25,28-29H,6-7,10-11,14,26-27,30-31H2,1-5H3. The predicted molar refractivity (Wildman–Crippen MR) is 196 cm³/mol. The van der Waals surface area contributed by atoms with Crippen molar-refractivity contribution >= 4 is 22.1 Å². The highest BCUT2D eigenvalue weighted by atomic mass is 16.5. The molecule has 0 saturated heterocycles. The quantitative estimate of drug-likeness (QED) is 0.103. The fourth-order valence-corrected chi connectivity index (χ4v) is 6.38. The van der Waals surface area contributed by atoms with E-state index in [1.54, 1.807) is 14.2 Å². The van der Waals surface area contributed by atoms with E-state index in [1.165, 1.54) is 56.4 Å². The van der Waals surface area contributed by atoms with Crippen molar-refractivity contribution in [2.24, 2.45) is 0 Å². The molecule has 0 saturated carbocycles. The van der Waals surface area contributed by atoms with Gasteiger partial charge in [0.15, 0.2) is 0 Å². The summed E-state index contributed by atoms with van der Waals surface area (Å²) in [5.41, 5.74) is 9.16. The molecule has 5 aromatic rings. The summed E-state index contributed by atoms with van der Waals surface area (Å²) >= 11 is 0. The molecular formula is C42H50N2O2. The third-order valence-electron chi connectivity index (χ3n) is 9.07. The van der Waals surface area contributed by atoms with Gasteiger partial charge in [-0.3, -0.25) is 0 Å². The second-order valence-electron chi connectivity index (χ2n) is 12.4. The number of ether oxygens (including phenoxy) is 2. The van der Waals surface area contributed by atoms with Gasteiger partial charge in [0, 0.05) is 37.6 Å². The third kappa shape index (κ3) is 8.42. The smallest absolute Gasteiger partial charge is 0.122 e. The molecular weight excluding hydrogens is 564 g/mol. The SMILES string of the molecule is CCCCN(Cc1cccc2ccccc12)c1ccc(OC)c(CCCCN(Cc2ccc(C)cc2C)c2ccc(OC)cc2)c1. The molecule has 0 radical (unpaired) electrons. The van der Waals surface area contributed by atoms with Gasteiger partial charge in [-0.1, -0.05) is 79.6 Å². The first kappa shape index (κ1) is 32.9. The predicted octanol–water partition coefficient (Wildman–Crippen LogP) is 10.3. The van der Waals surface area contributed by atoms with Gasteiger partial charge >= 0.3 is 0 Å². The van der Waals surface area contributed by atoms with Gasteiger partial charge in [0.1, 0.15) is 11.5 Å². The Hall–Kier alpha value is -4.44. The number of nitrogens with zero attached hydrogens (tertiary/aromatic N) is 2. The number of benzene rings is 5. The Morgan fingerprint density at radius 1 is 0.587 bits per heavy atom. The van der Waals surface area contributed by atoms with Gasteiger partial charge in [-0.05, 0) is 115 Å². The van der Waals surface area contributed by atoms with E-state index in [4.69, 9.17) is 9.47 Å². The van der Waals surface area contributed by atoms with Crippen molar-refractivity contribution in [3.8, 4) is 11.5 Å². The molecule has 0 aliphatic carbocycles. The van der Waals surface area contributed by atoms with Crippen LogP contribution in [0.3, 0.4) is 0 Å². The maximum absolute atomic E-state index is 5.87. The number of rotatable bonds is 16. The maximum atomic E-state index is 5.87. The number of hydrogen-bond acceptors (Lipinski definition) is 4. The summed E-state index contributed by atoms with van der Waals surface area (Å²) in [6.07, 6.45) is 5.47. The zero-order chi connectivity index (χ0) is 32.3. The molecule has 4 heteroatoms. The molecule has 0 atom stereocenters. The molecule has 0 amide bonds. The Morgan fingerprint density at radius 3 is 2.07 bits per heavy atom. The van der Waals surface area contributed by atoms with Crippen LogP contribution in [0, 0.1) is 13.8 Å². The highest BCUT2D eigenvalue weighted by Gasteiger charge is 2.14. The Labute approximate surface area is 276 Å². The van der Waals surface area contributed by atoms with Crippen molar-refractivity contribution in [1.82, 2.24) is 0 Å². The molecule has 0 bridgehead atoms. The van der Waals surface area contributed by atoms with E-state index < -0.39 is 0 Å². The van der Waals surface area contributed by atoms with Crippen molar-refractivity contribution in [3.05, 3.63) is 131 Å². The van der Waals surface area contributed by atoms with Gasteiger partial charge in [-0.2, -0.15) is 0 Å². The van der Waals surface area contributed by atoms with Gasteiger partial charge in [-0.25, -0.2) is 0 Å². The normalized spacial score (nSPS) is 11.1. The lowest BCUT2D eigenvalue weighted by atomic mass is 10.0. The fraction of sp³-hybridized carbons (Fsp3) is 0.333. The van der Waals surface area contributed by atoms with E-state index in [0.717, 1.165) is 63.4 Å². The molecule has 46 heavy (non-hydrogen) atoms. The van der Waals surface area contributed by atoms with E-state index in [-0.39, 0.29) is 0 Å². The van der Waals surface area contributed by atoms with Crippen molar-refractivity contribution < 1.29 is 9.47 Å². The molecule has 0 aromatic heterocycles. The number of methoxy groups -OCH3 is 2. The van der Waals surface area contributed by atoms with Crippen LogP contribution in [0.2, 0.25) is 0 Å². The van der Waals surface area contributed by atoms with Gasteiger partial charge in [0.25, 0.3) is 0 Å². The number of hydrogen-bond donors (Lipinski definition) is 0. The van der Waals surface area contributed by atoms with Crippen LogP contribution in [0.5, 0.6) is 11.5 Å². The lowest BCUT2D eigenvalue weighted by molar-refractivity contribution is 0.409. The Balaban J connectivity index is 1.31. The average molecular weight is 615 g/mol. The fourth-order valence-electron chi connectivity index (χ4n) is 6.38. The van der Waals surface area contributed by atoms with E-state index in [9.17, 15) is 0 Å². The van der Waals surface area contributed by atoms with Crippen LogP contribution in [0.4, 0.5) is 11.4 Å². The van der Waals surface area contributed by atoms with Crippen LogP contribution in [-0.4, -0.2) is 27.3 Å². The van der Waals surface area contributed by atoms with Crippen LogP contribution in [-0.2, 0) is 19.5 Å². The Bertz CT molecular complexity index is 1690. The van der Waals surface area contributed by atoms with E-state index in [0.29, 0.717) is 0 Å². The molecule has 0 fully saturated rings. The highest BCUT2D eigenvalue weighted by Crippen LogP contribution is 2.30. The largest absolute Gasteiger partial charge is 0.497 e. The summed E-state index contributed by atoms with van der Waals surface area (Å²) in [5.74, 6) is 1.86. The lowest BCUT2D eigenvalue weighted by Crippen LogP contribution is -2.24. The summed E-state index contributed by atoms with van der Waals surface area (Å²) in [6, 6.07) is 37.4. The first-order valence-corrected chi connectivity index (χ1v) is 16.8. The third-order valence-corrected chi connectivity index (χ3v) is 9.07. The first-order valence-electron chi connectivity index (χ1n) is 16.8. The Kier molecular flexibility index (Phi) is 11.6. The Morgan fingerprint density at radius 2 is 1.30 bits per heavy atom. The van der Waals surface area contributed by atoms with E-state index in [2.05, 4.69) is 134 Å². The first-order chi connectivity index (χ1) is 22.5. The zero-order valence-electron chi connectivity index (χ0n) is 28.4.